The lowest BCUT2D eigenvalue weighted by molar-refractivity contribution is 0.167. The molecular formula is C18H20FN. The van der Waals surface area contributed by atoms with E-state index < -0.39 is 0 Å². The lowest BCUT2D eigenvalue weighted by Gasteiger charge is -2.45. The van der Waals surface area contributed by atoms with Gasteiger partial charge in [-0.1, -0.05) is 42.5 Å². The highest BCUT2D eigenvalue weighted by molar-refractivity contribution is 5.28. The van der Waals surface area contributed by atoms with Crippen LogP contribution in [0.4, 0.5) is 4.39 Å². The molecule has 1 unspecified atom stereocenters. The number of rotatable bonds is 4. The Morgan fingerprint density at radius 1 is 1.00 bits per heavy atom. The number of benzene rings is 2. The molecule has 1 fully saturated rings. The minimum Gasteiger partial charge on any atom is -0.301 e. The highest BCUT2D eigenvalue weighted by atomic mass is 19.1. The molecule has 3 rings (SSSR count). The third-order valence-electron chi connectivity index (χ3n) is 4.40. The molecule has 0 bridgehead atoms. The molecule has 1 saturated carbocycles. The first-order valence-electron chi connectivity index (χ1n) is 7.28. The Labute approximate surface area is 119 Å². The van der Waals surface area contributed by atoms with Crippen LogP contribution in [0.15, 0.2) is 54.6 Å². The zero-order valence-electron chi connectivity index (χ0n) is 11.8. The molecule has 1 atom stereocenters. The normalized spacial score (nSPS) is 18.3. The van der Waals surface area contributed by atoms with Gasteiger partial charge in [0, 0.05) is 11.6 Å². The largest absolute Gasteiger partial charge is 0.301 e. The second kappa shape index (κ2) is 5.37. The van der Waals surface area contributed by atoms with Crippen molar-refractivity contribution in [2.75, 3.05) is 0 Å². The molecule has 1 nitrogen and oxygen atoms in total. The third-order valence-corrected chi connectivity index (χ3v) is 4.40. The number of nitrogens with one attached hydrogen (secondary N) is 1. The van der Waals surface area contributed by atoms with Crippen molar-refractivity contribution in [1.29, 1.82) is 0 Å². The summed E-state index contributed by atoms with van der Waals surface area (Å²) in [5.41, 5.74) is 2.59. The first-order valence-corrected chi connectivity index (χ1v) is 7.28. The topological polar surface area (TPSA) is 12.0 Å². The van der Waals surface area contributed by atoms with Gasteiger partial charge >= 0.3 is 0 Å². The van der Waals surface area contributed by atoms with Crippen molar-refractivity contribution in [3.05, 3.63) is 71.5 Å². The molecule has 1 N–H and O–H groups in total. The zero-order chi connectivity index (χ0) is 14.0. The van der Waals surface area contributed by atoms with Gasteiger partial charge in [0.2, 0.25) is 0 Å². The van der Waals surface area contributed by atoms with Gasteiger partial charge in [-0.05, 0) is 49.4 Å². The van der Waals surface area contributed by atoms with E-state index in [2.05, 4.69) is 42.6 Å². The molecule has 0 aliphatic heterocycles. The molecule has 0 saturated heterocycles. The van der Waals surface area contributed by atoms with E-state index >= 15 is 0 Å². The van der Waals surface area contributed by atoms with Crippen LogP contribution in [0.1, 0.15) is 43.4 Å². The lowest BCUT2D eigenvalue weighted by Crippen LogP contribution is -2.48. The van der Waals surface area contributed by atoms with Crippen LogP contribution in [0.25, 0.3) is 0 Å². The monoisotopic (exact) mass is 269 g/mol. The summed E-state index contributed by atoms with van der Waals surface area (Å²) in [5, 5.41) is 3.76. The van der Waals surface area contributed by atoms with Gasteiger partial charge < -0.3 is 5.32 Å². The summed E-state index contributed by atoms with van der Waals surface area (Å²) >= 11 is 0. The van der Waals surface area contributed by atoms with E-state index in [0.29, 0.717) is 0 Å². The predicted molar refractivity (Wildman–Crippen MR) is 79.9 cm³/mol. The molecule has 1 aliphatic carbocycles. The van der Waals surface area contributed by atoms with Crippen molar-refractivity contribution < 1.29 is 4.39 Å². The van der Waals surface area contributed by atoms with Crippen LogP contribution < -0.4 is 5.32 Å². The average Bonchev–Trinajstić information content (AvgIpc) is 2.44. The van der Waals surface area contributed by atoms with Crippen molar-refractivity contribution in [2.24, 2.45) is 0 Å². The summed E-state index contributed by atoms with van der Waals surface area (Å²) in [6.07, 6.45) is 3.60. The Morgan fingerprint density at radius 2 is 1.65 bits per heavy atom. The molecule has 0 heterocycles. The summed E-state index contributed by atoms with van der Waals surface area (Å²) in [5.74, 6) is -0.178. The standard InChI is InChI=1S/C18H20FN/c1-14(15-8-10-17(19)11-9-15)20-18(12-5-13-18)16-6-3-2-4-7-16/h2-4,6-11,14,20H,5,12-13H2,1H3. The number of hydrogen-bond donors (Lipinski definition) is 1. The van der Waals surface area contributed by atoms with Crippen LogP contribution in [0.5, 0.6) is 0 Å². The summed E-state index contributed by atoms with van der Waals surface area (Å²) in [6.45, 7) is 2.15. The molecule has 104 valence electrons. The highest BCUT2D eigenvalue weighted by Gasteiger charge is 2.39. The summed E-state index contributed by atoms with van der Waals surface area (Å²) in [4.78, 5) is 0. The smallest absolute Gasteiger partial charge is 0.123 e. The number of halogens is 1. The Morgan fingerprint density at radius 3 is 2.20 bits per heavy atom. The van der Waals surface area contributed by atoms with Crippen molar-refractivity contribution >= 4 is 0 Å². The Bertz CT molecular complexity index is 558. The molecule has 1 aliphatic rings. The Hall–Kier alpha value is -1.67. The molecule has 2 aromatic rings. The highest BCUT2D eigenvalue weighted by Crippen LogP contribution is 2.42. The second-order valence-corrected chi connectivity index (χ2v) is 5.72. The van der Waals surface area contributed by atoms with Gasteiger partial charge in [-0.15, -0.1) is 0 Å². The average molecular weight is 269 g/mol. The minimum atomic E-state index is -0.178. The summed E-state index contributed by atoms with van der Waals surface area (Å²) in [6, 6.07) is 17.7. The lowest BCUT2D eigenvalue weighted by atomic mass is 9.71. The maximum atomic E-state index is 13.0. The van der Waals surface area contributed by atoms with Crippen LogP contribution in [0.3, 0.4) is 0 Å². The molecule has 2 heteroatoms. The zero-order valence-corrected chi connectivity index (χ0v) is 11.8. The van der Waals surface area contributed by atoms with Gasteiger partial charge in [-0.25, -0.2) is 4.39 Å². The number of hydrogen-bond acceptors (Lipinski definition) is 1. The summed E-state index contributed by atoms with van der Waals surface area (Å²) in [7, 11) is 0. The van der Waals surface area contributed by atoms with E-state index in [1.165, 1.54) is 37.0 Å². The van der Waals surface area contributed by atoms with Crippen molar-refractivity contribution in [3.63, 3.8) is 0 Å². The minimum absolute atomic E-state index is 0.0923. The Kier molecular flexibility index (Phi) is 3.58. The maximum Gasteiger partial charge on any atom is 0.123 e. The molecule has 0 aromatic heterocycles. The van der Waals surface area contributed by atoms with Gasteiger partial charge in [-0.3, -0.25) is 0 Å². The van der Waals surface area contributed by atoms with Crippen molar-refractivity contribution in [3.8, 4) is 0 Å². The van der Waals surface area contributed by atoms with Gasteiger partial charge in [-0.2, -0.15) is 0 Å². The maximum absolute atomic E-state index is 13.0. The molecule has 0 amide bonds. The van der Waals surface area contributed by atoms with Gasteiger partial charge in [0.05, 0.1) is 0 Å². The SMILES string of the molecule is CC(NC1(c2ccccc2)CCC1)c1ccc(F)cc1. The summed E-state index contributed by atoms with van der Waals surface area (Å²) < 4.78 is 13.0. The van der Waals surface area contributed by atoms with Gasteiger partial charge in [0.15, 0.2) is 0 Å². The second-order valence-electron chi connectivity index (χ2n) is 5.72. The van der Waals surface area contributed by atoms with Crippen LogP contribution in [0.2, 0.25) is 0 Å². The predicted octanol–water partition coefficient (Wildman–Crippen LogP) is 4.56. The van der Waals surface area contributed by atoms with Crippen LogP contribution >= 0.6 is 0 Å². The molecular weight excluding hydrogens is 249 g/mol. The quantitative estimate of drug-likeness (QED) is 0.858. The van der Waals surface area contributed by atoms with E-state index in [9.17, 15) is 4.39 Å². The molecule has 20 heavy (non-hydrogen) atoms. The fraction of sp³-hybridized carbons (Fsp3) is 0.333. The molecule has 2 aromatic carbocycles. The van der Waals surface area contributed by atoms with E-state index in [1.807, 2.05) is 12.1 Å². The van der Waals surface area contributed by atoms with Crippen LogP contribution in [0, 0.1) is 5.82 Å². The van der Waals surface area contributed by atoms with E-state index in [-0.39, 0.29) is 17.4 Å². The molecule has 0 radical (unpaired) electrons. The van der Waals surface area contributed by atoms with E-state index in [0.717, 1.165) is 5.56 Å². The van der Waals surface area contributed by atoms with Gasteiger partial charge in [0.25, 0.3) is 0 Å². The molecule has 0 spiro atoms. The van der Waals surface area contributed by atoms with Crippen molar-refractivity contribution in [1.82, 2.24) is 5.32 Å². The first kappa shape index (κ1) is 13.3. The fourth-order valence-corrected chi connectivity index (χ4v) is 3.05. The van der Waals surface area contributed by atoms with E-state index in [4.69, 9.17) is 0 Å². The fourth-order valence-electron chi connectivity index (χ4n) is 3.05. The first-order chi connectivity index (χ1) is 9.70. The third kappa shape index (κ3) is 2.48. The van der Waals surface area contributed by atoms with Crippen molar-refractivity contribution in [2.45, 2.75) is 37.8 Å². The Balaban J connectivity index is 1.80. The van der Waals surface area contributed by atoms with Crippen LogP contribution in [-0.2, 0) is 5.54 Å². The van der Waals surface area contributed by atoms with E-state index in [1.54, 1.807) is 0 Å². The van der Waals surface area contributed by atoms with Crippen LogP contribution in [-0.4, -0.2) is 0 Å². The van der Waals surface area contributed by atoms with Gasteiger partial charge in [0.1, 0.15) is 5.82 Å².